The van der Waals surface area contributed by atoms with Crippen molar-refractivity contribution in [2.24, 2.45) is 0 Å². The van der Waals surface area contributed by atoms with E-state index in [-0.39, 0.29) is 6.03 Å². The molecule has 0 atom stereocenters. The molecular formula is C13H25N3O. The van der Waals surface area contributed by atoms with Crippen molar-refractivity contribution < 1.29 is 4.79 Å². The highest BCUT2D eigenvalue weighted by atomic mass is 16.2. The van der Waals surface area contributed by atoms with Gasteiger partial charge in [0.05, 0.1) is 0 Å². The van der Waals surface area contributed by atoms with E-state index < -0.39 is 0 Å². The smallest absolute Gasteiger partial charge is 0.320 e. The summed E-state index contributed by atoms with van der Waals surface area (Å²) >= 11 is 0. The maximum Gasteiger partial charge on any atom is 0.320 e. The summed E-state index contributed by atoms with van der Waals surface area (Å²) < 4.78 is 0. The summed E-state index contributed by atoms with van der Waals surface area (Å²) in [6, 6.07) is 0.185. The van der Waals surface area contributed by atoms with Gasteiger partial charge in [0.1, 0.15) is 0 Å². The van der Waals surface area contributed by atoms with Crippen LogP contribution in [0.15, 0.2) is 12.2 Å². The number of hydrogen-bond donors (Lipinski definition) is 0. The number of amides is 2. The third kappa shape index (κ3) is 4.04. The number of rotatable bonds is 4. The van der Waals surface area contributed by atoms with Crippen molar-refractivity contribution in [1.29, 1.82) is 0 Å². The molecule has 98 valence electrons. The first-order valence-corrected chi connectivity index (χ1v) is 6.49. The Kier molecular flexibility index (Phi) is 5.48. The van der Waals surface area contributed by atoms with E-state index in [1.54, 1.807) is 0 Å². The zero-order chi connectivity index (χ0) is 12.8. The zero-order valence-corrected chi connectivity index (χ0v) is 11.4. The molecule has 0 radical (unpaired) electrons. The number of hydrogen-bond acceptors (Lipinski definition) is 2. The van der Waals surface area contributed by atoms with E-state index in [1.165, 1.54) is 5.57 Å². The number of urea groups is 1. The molecule has 1 fully saturated rings. The highest BCUT2D eigenvalue weighted by molar-refractivity contribution is 5.74. The summed E-state index contributed by atoms with van der Waals surface area (Å²) in [5.74, 6) is 0. The molecule has 1 rings (SSSR count). The average Bonchev–Trinajstić information content (AvgIpc) is 2.30. The van der Waals surface area contributed by atoms with Crippen LogP contribution in [0.2, 0.25) is 0 Å². The van der Waals surface area contributed by atoms with E-state index >= 15 is 0 Å². The summed E-state index contributed by atoms with van der Waals surface area (Å²) in [6.45, 7) is 16.2. The Bertz CT molecular complexity index is 266. The maximum atomic E-state index is 12.1. The Balaban J connectivity index is 2.40. The lowest BCUT2D eigenvalue weighted by molar-refractivity contribution is 0.119. The minimum absolute atomic E-state index is 0.185. The van der Waals surface area contributed by atoms with Crippen molar-refractivity contribution >= 4 is 6.03 Å². The van der Waals surface area contributed by atoms with E-state index in [1.807, 2.05) is 30.6 Å². The zero-order valence-electron chi connectivity index (χ0n) is 11.4. The summed E-state index contributed by atoms with van der Waals surface area (Å²) in [4.78, 5) is 18.3. The van der Waals surface area contributed by atoms with E-state index in [4.69, 9.17) is 0 Å². The van der Waals surface area contributed by atoms with Gasteiger partial charge in [0.2, 0.25) is 0 Å². The van der Waals surface area contributed by atoms with Crippen LogP contribution in [0.5, 0.6) is 0 Å². The second kappa shape index (κ2) is 6.64. The van der Waals surface area contributed by atoms with Gasteiger partial charge in [-0.1, -0.05) is 12.2 Å². The molecule has 0 aromatic carbocycles. The van der Waals surface area contributed by atoms with Gasteiger partial charge in [-0.25, -0.2) is 4.79 Å². The average molecular weight is 239 g/mol. The molecule has 0 bridgehead atoms. The summed E-state index contributed by atoms with van der Waals surface area (Å²) in [7, 11) is 0. The fourth-order valence-electron chi connectivity index (χ4n) is 2.17. The van der Waals surface area contributed by atoms with Crippen molar-refractivity contribution in [1.82, 2.24) is 14.7 Å². The first-order chi connectivity index (χ1) is 8.08. The molecule has 0 saturated carbocycles. The molecule has 1 aliphatic rings. The fourth-order valence-corrected chi connectivity index (χ4v) is 2.17. The Morgan fingerprint density at radius 3 is 2.12 bits per heavy atom. The van der Waals surface area contributed by atoms with Gasteiger partial charge in [0, 0.05) is 45.8 Å². The van der Waals surface area contributed by atoms with Crippen molar-refractivity contribution in [2.45, 2.75) is 20.8 Å². The van der Waals surface area contributed by atoms with E-state index in [0.717, 1.165) is 45.8 Å². The summed E-state index contributed by atoms with van der Waals surface area (Å²) in [6.07, 6.45) is 0. The molecule has 4 heteroatoms. The molecule has 1 aliphatic heterocycles. The normalized spacial score (nSPS) is 17.0. The first-order valence-electron chi connectivity index (χ1n) is 6.49. The van der Waals surface area contributed by atoms with E-state index in [9.17, 15) is 4.79 Å². The van der Waals surface area contributed by atoms with Crippen molar-refractivity contribution in [3.8, 4) is 0 Å². The van der Waals surface area contributed by atoms with Gasteiger partial charge in [-0.2, -0.15) is 0 Å². The van der Waals surface area contributed by atoms with Crippen LogP contribution < -0.4 is 0 Å². The van der Waals surface area contributed by atoms with Crippen LogP contribution in [0.25, 0.3) is 0 Å². The Labute approximate surface area is 105 Å². The van der Waals surface area contributed by atoms with Crippen LogP contribution in [0, 0.1) is 0 Å². The van der Waals surface area contributed by atoms with Gasteiger partial charge in [-0.15, -0.1) is 0 Å². The largest absolute Gasteiger partial charge is 0.325 e. The Hall–Kier alpha value is -1.03. The molecule has 0 spiro atoms. The third-order valence-corrected chi connectivity index (χ3v) is 3.17. The van der Waals surface area contributed by atoms with E-state index in [0.29, 0.717) is 0 Å². The van der Waals surface area contributed by atoms with Crippen LogP contribution in [-0.2, 0) is 0 Å². The number of piperazine rings is 1. The van der Waals surface area contributed by atoms with Gasteiger partial charge in [-0.05, 0) is 20.8 Å². The molecule has 1 saturated heterocycles. The van der Waals surface area contributed by atoms with Gasteiger partial charge in [0.15, 0.2) is 0 Å². The lowest BCUT2D eigenvalue weighted by Gasteiger charge is -2.37. The van der Waals surface area contributed by atoms with Gasteiger partial charge in [-0.3, -0.25) is 4.90 Å². The topological polar surface area (TPSA) is 26.8 Å². The molecule has 0 N–H and O–H groups in total. The molecule has 0 aromatic rings. The fraction of sp³-hybridized carbons (Fsp3) is 0.769. The van der Waals surface area contributed by atoms with Crippen LogP contribution >= 0.6 is 0 Å². The maximum absolute atomic E-state index is 12.1. The molecule has 0 unspecified atom stereocenters. The third-order valence-electron chi connectivity index (χ3n) is 3.17. The number of nitrogens with zero attached hydrogens (tertiary/aromatic N) is 3. The summed E-state index contributed by atoms with van der Waals surface area (Å²) in [5.41, 5.74) is 1.19. The minimum Gasteiger partial charge on any atom is -0.325 e. The van der Waals surface area contributed by atoms with Gasteiger partial charge < -0.3 is 9.80 Å². The van der Waals surface area contributed by atoms with Crippen molar-refractivity contribution in [2.75, 3.05) is 45.8 Å². The Morgan fingerprint density at radius 1 is 1.18 bits per heavy atom. The van der Waals surface area contributed by atoms with Crippen LogP contribution in [0.4, 0.5) is 4.79 Å². The summed E-state index contributed by atoms with van der Waals surface area (Å²) in [5, 5.41) is 0. The number of carbonyl (C=O) groups excluding carboxylic acids is 1. The van der Waals surface area contributed by atoms with Gasteiger partial charge in [0.25, 0.3) is 0 Å². The monoisotopic (exact) mass is 239 g/mol. The molecule has 0 aliphatic carbocycles. The first kappa shape index (κ1) is 14.0. The van der Waals surface area contributed by atoms with Gasteiger partial charge >= 0.3 is 6.03 Å². The second-order valence-electron chi connectivity index (χ2n) is 4.68. The molecule has 17 heavy (non-hydrogen) atoms. The highest BCUT2D eigenvalue weighted by Crippen LogP contribution is 2.07. The van der Waals surface area contributed by atoms with Crippen molar-refractivity contribution in [3.05, 3.63) is 12.2 Å². The number of carbonyl (C=O) groups is 1. The van der Waals surface area contributed by atoms with Crippen LogP contribution in [-0.4, -0.2) is 66.5 Å². The van der Waals surface area contributed by atoms with Crippen molar-refractivity contribution in [3.63, 3.8) is 0 Å². The van der Waals surface area contributed by atoms with Crippen LogP contribution in [0.3, 0.4) is 0 Å². The lowest BCUT2D eigenvalue weighted by atomic mass is 10.2. The molecule has 4 nitrogen and oxygen atoms in total. The Morgan fingerprint density at radius 2 is 1.71 bits per heavy atom. The standard InChI is InChI=1S/C13H25N3O/c1-5-15(6-2)13(17)16-9-7-14(8-10-16)11-12(3)4/h3,5-11H2,1-2,4H3. The quantitative estimate of drug-likeness (QED) is 0.697. The van der Waals surface area contributed by atoms with E-state index in [2.05, 4.69) is 11.5 Å². The second-order valence-corrected chi connectivity index (χ2v) is 4.68. The molecular weight excluding hydrogens is 214 g/mol. The van der Waals surface area contributed by atoms with Crippen LogP contribution in [0.1, 0.15) is 20.8 Å². The molecule has 0 aromatic heterocycles. The predicted octanol–water partition coefficient (Wildman–Crippen LogP) is 1.64. The lowest BCUT2D eigenvalue weighted by Crippen LogP contribution is -2.52. The minimum atomic E-state index is 0.185. The SMILES string of the molecule is C=C(C)CN1CCN(C(=O)N(CC)CC)CC1. The molecule has 2 amide bonds. The highest BCUT2D eigenvalue weighted by Gasteiger charge is 2.23. The predicted molar refractivity (Wildman–Crippen MR) is 71.1 cm³/mol. The molecule has 1 heterocycles.